The van der Waals surface area contributed by atoms with Crippen molar-refractivity contribution in [2.24, 2.45) is 5.41 Å². The number of nitrogens with zero attached hydrogens (tertiary/aromatic N) is 2. The molecule has 0 fully saturated rings. The number of aromatic nitrogens is 2. The summed E-state index contributed by atoms with van der Waals surface area (Å²) in [6, 6.07) is 16.6. The maximum Gasteiger partial charge on any atom is 0.123 e. The van der Waals surface area contributed by atoms with Crippen molar-refractivity contribution in [2.75, 3.05) is 6.61 Å². The zero-order chi connectivity index (χ0) is 20.4. The summed E-state index contributed by atoms with van der Waals surface area (Å²) in [7, 11) is 0. The van der Waals surface area contributed by atoms with E-state index in [4.69, 9.17) is 16.3 Å². The summed E-state index contributed by atoms with van der Waals surface area (Å²) in [6.07, 6.45) is 5.40. The number of benzene rings is 2. The molecule has 0 saturated heterocycles. The van der Waals surface area contributed by atoms with Gasteiger partial charge < -0.3 is 4.74 Å². The first kappa shape index (κ1) is 19.9. The van der Waals surface area contributed by atoms with Crippen LogP contribution in [-0.4, -0.2) is 16.4 Å². The highest BCUT2D eigenvalue weighted by Gasteiger charge is 2.37. The van der Waals surface area contributed by atoms with Gasteiger partial charge in [0.2, 0.25) is 0 Å². The number of rotatable bonds is 6. The normalized spacial score (nSPS) is 19.5. The van der Waals surface area contributed by atoms with Crippen LogP contribution in [0, 0.1) is 11.2 Å². The fourth-order valence-corrected chi connectivity index (χ4v) is 4.24. The molecule has 0 aliphatic heterocycles. The summed E-state index contributed by atoms with van der Waals surface area (Å²) in [5, 5.41) is 5.32. The molecule has 0 spiro atoms. The Morgan fingerprint density at radius 2 is 1.90 bits per heavy atom. The molecule has 3 aromatic rings. The lowest BCUT2D eigenvalue weighted by Crippen LogP contribution is -2.27. The van der Waals surface area contributed by atoms with E-state index >= 15 is 0 Å². The minimum atomic E-state index is -0.265. The van der Waals surface area contributed by atoms with Crippen molar-refractivity contribution in [3.05, 3.63) is 88.5 Å². The number of ether oxygens (including phenoxy) is 1. The maximum atomic E-state index is 13.3. The molecule has 1 aliphatic rings. The van der Waals surface area contributed by atoms with Crippen LogP contribution >= 0.6 is 11.6 Å². The second-order valence-electron chi connectivity index (χ2n) is 7.73. The molecule has 0 N–H and O–H groups in total. The summed E-state index contributed by atoms with van der Waals surface area (Å²) < 4.78 is 21.2. The fourth-order valence-electron chi connectivity index (χ4n) is 3.99. The molecule has 0 saturated carbocycles. The monoisotopic (exact) mass is 410 g/mol. The summed E-state index contributed by atoms with van der Waals surface area (Å²) in [4.78, 5) is 0. The van der Waals surface area contributed by atoms with Gasteiger partial charge in [0.25, 0.3) is 0 Å². The van der Waals surface area contributed by atoms with Crippen molar-refractivity contribution < 1.29 is 9.13 Å². The quantitative estimate of drug-likeness (QED) is 0.475. The smallest absolute Gasteiger partial charge is 0.123 e. The van der Waals surface area contributed by atoms with Crippen LogP contribution in [0.25, 0.3) is 11.8 Å². The highest BCUT2D eigenvalue weighted by Crippen LogP contribution is 2.47. The molecule has 2 atom stereocenters. The largest absolute Gasteiger partial charge is 0.374 e. The Kier molecular flexibility index (Phi) is 5.57. The zero-order valence-corrected chi connectivity index (χ0v) is 17.4. The third-order valence-electron chi connectivity index (χ3n) is 5.55. The van der Waals surface area contributed by atoms with Crippen LogP contribution in [0.2, 0.25) is 0 Å². The topological polar surface area (TPSA) is 27.1 Å². The lowest BCUT2D eigenvalue weighted by molar-refractivity contribution is 0.0337. The summed E-state index contributed by atoms with van der Waals surface area (Å²) >= 11 is 6.83. The van der Waals surface area contributed by atoms with Crippen molar-refractivity contribution in [2.45, 2.75) is 32.8 Å². The standard InChI is InChI=1S/C24H24ClFN2O/c1-3-29-22(17-7-5-4-6-8-17)15-24(2)14-18-16-27-28(21(18)13-23(24)25)20-11-9-19(26)10-12-20/h4-13,16,22H,3,14-15H2,1-2H3. The second kappa shape index (κ2) is 8.13. The van der Waals surface area contributed by atoms with Crippen LogP contribution in [0.4, 0.5) is 4.39 Å². The minimum absolute atomic E-state index is 0.0259. The first-order valence-electron chi connectivity index (χ1n) is 9.87. The number of halogens is 2. The van der Waals surface area contributed by atoms with Gasteiger partial charge in [-0.3, -0.25) is 0 Å². The number of allylic oxidation sites excluding steroid dienone is 1. The van der Waals surface area contributed by atoms with E-state index in [0.29, 0.717) is 6.61 Å². The molecule has 2 aromatic carbocycles. The summed E-state index contributed by atoms with van der Waals surface area (Å²) in [5.41, 5.74) is 3.80. The second-order valence-corrected chi connectivity index (χ2v) is 8.14. The van der Waals surface area contributed by atoms with Gasteiger partial charge in [0, 0.05) is 17.1 Å². The molecule has 1 aliphatic carbocycles. The lowest BCUT2D eigenvalue weighted by Gasteiger charge is -2.35. The highest BCUT2D eigenvalue weighted by molar-refractivity contribution is 6.32. The van der Waals surface area contributed by atoms with Gasteiger partial charge in [-0.1, -0.05) is 48.9 Å². The first-order chi connectivity index (χ1) is 14.0. The molecule has 0 amide bonds. The molecule has 1 heterocycles. The molecule has 0 bridgehead atoms. The Balaban J connectivity index is 1.64. The van der Waals surface area contributed by atoms with Crippen LogP contribution in [0.3, 0.4) is 0 Å². The van der Waals surface area contributed by atoms with Gasteiger partial charge in [-0.15, -0.1) is 0 Å². The van der Waals surface area contributed by atoms with Gasteiger partial charge >= 0.3 is 0 Å². The van der Waals surface area contributed by atoms with Crippen LogP contribution in [0.15, 0.2) is 65.8 Å². The number of fused-ring (bicyclic) bond motifs is 1. The van der Waals surface area contributed by atoms with Crippen LogP contribution in [-0.2, 0) is 11.2 Å². The van der Waals surface area contributed by atoms with Crippen LogP contribution in [0.1, 0.15) is 43.2 Å². The van der Waals surface area contributed by atoms with Gasteiger partial charge in [0.15, 0.2) is 0 Å². The Bertz CT molecular complexity index is 1010. The van der Waals surface area contributed by atoms with E-state index in [1.807, 2.05) is 42.1 Å². The fraction of sp³-hybridized carbons (Fsp3) is 0.292. The van der Waals surface area contributed by atoms with Gasteiger partial charge in [0.1, 0.15) is 5.82 Å². The van der Waals surface area contributed by atoms with Gasteiger partial charge in [0.05, 0.1) is 23.7 Å². The molecule has 4 rings (SSSR count). The number of hydrogen-bond acceptors (Lipinski definition) is 2. The predicted octanol–water partition coefficient (Wildman–Crippen LogP) is 6.32. The Hall–Kier alpha value is -2.43. The minimum Gasteiger partial charge on any atom is -0.374 e. The third-order valence-corrected chi connectivity index (χ3v) is 6.12. The Morgan fingerprint density at radius 3 is 2.59 bits per heavy atom. The van der Waals surface area contributed by atoms with Crippen molar-refractivity contribution in [1.29, 1.82) is 0 Å². The van der Waals surface area contributed by atoms with Crippen molar-refractivity contribution in [3.63, 3.8) is 0 Å². The van der Waals surface area contributed by atoms with Crippen LogP contribution in [0.5, 0.6) is 0 Å². The van der Waals surface area contributed by atoms with E-state index in [9.17, 15) is 4.39 Å². The van der Waals surface area contributed by atoms with Gasteiger partial charge in [-0.2, -0.15) is 5.10 Å². The SMILES string of the molecule is CCOC(CC1(C)Cc2cnn(-c3ccc(F)cc3)c2C=C1Cl)c1ccccc1. The van der Waals surface area contributed by atoms with Gasteiger partial charge in [-0.05, 0) is 61.2 Å². The number of hydrogen-bond donors (Lipinski definition) is 0. The van der Waals surface area contributed by atoms with E-state index in [-0.39, 0.29) is 17.3 Å². The summed E-state index contributed by atoms with van der Waals surface area (Å²) in [5.74, 6) is -0.265. The van der Waals surface area contributed by atoms with Crippen molar-refractivity contribution >= 4 is 17.7 Å². The molecule has 0 radical (unpaired) electrons. The van der Waals surface area contributed by atoms with E-state index < -0.39 is 0 Å². The molecular weight excluding hydrogens is 387 g/mol. The molecule has 1 aromatic heterocycles. The molecule has 3 nitrogen and oxygen atoms in total. The maximum absolute atomic E-state index is 13.3. The summed E-state index contributed by atoms with van der Waals surface area (Å²) in [6.45, 7) is 4.84. The van der Waals surface area contributed by atoms with E-state index in [1.54, 1.807) is 12.1 Å². The van der Waals surface area contributed by atoms with Crippen LogP contribution < -0.4 is 0 Å². The third kappa shape index (κ3) is 4.00. The van der Waals surface area contributed by atoms with Crippen molar-refractivity contribution in [3.8, 4) is 5.69 Å². The van der Waals surface area contributed by atoms with E-state index in [0.717, 1.165) is 40.4 Å². The average molecular weight is 411 g/mol. The highest BCUT2D eigenvalue weighted by atomic mass is 35.5. The predicted molar refractivity (Wildman–Crippen MR) is 115 cm³/mol. The molecule has 150 valence electrons. The Morgan fingerprint density at radius 1 is 1.17 bits per heavy atom. The Labute approximate surface area is 175 Å². The van der Waals surface area contributed by atoms with E-state index in [2.05, 4.69) is 24.2 Å². The molecule has 5 heteroatoms. The first-order valence-corrected chi connectivity index (χ1v) is 10.2. The molecule has 2 unspecified atom stereocenters. The van der Waals surface area contributed by atoms with Crippen molar-refractivity contribution in [1.82, 2.24) is 9.78 Å². The zero-order valence-electron chi connectivity index (χ0n) is 16.6. The average Bonchev–Trinajstić information content (AvgIpc) is 3.11. The molecular formula is C24H24ClFN2O. The van der Waals surface area contributed by atoms with Gasteiger partial charge in [-0.25, -0.2) is 9.07 Å². The molecule has 29 heavy (non-hydrogen) atoms. The lowest BCUT2D eigenvalue weighted by atomic mass is 9.74. The van der Waals surface area contributed by atoms with E-state index in [1.165, 1.54) is 12.1 Å².